The first-order valence-electron chi connectivity index (χ1n) is 8.87. The number of rotatable bonds is 6. The molecule has 0 fully saturated rings. The van der Waals surface area contributed by atoms with Crippen molar-refractivity contribution >= 4 is 16.9 Å². The maximum atomic E-state index is 12.4. The monoisotopic (exact) mass is 335 g/mol. The van der Waals surface area contributed by atoms with Crippen molar-refractivity contribution < 1.29 is 4.79 Å². The number of carbonyl (C=O) groups is 1. The molecule has 1 amide bonds. The van der Waals surface area contributed by atoms with E-state index in [1.165, 1.54) is 0 Å². The van der Waals surface area contributed by atoms with Gasteiger partial charge >= 0.3 is 0 Å². The third kappa shape index (κ3) is 3.90. The van der Waals surface area contributed by atoms with Crippen LogP contribution in [0.15, 0.2) is 48.5 Å². The van der Waals surface area contributed by atoms with Crippen LogP contribution in [0.1, 0.15) is 42.0 Å². The molecule has 0 saturated carbocycles. The number of aromatic nitrogens is 2. The number of imidazole rings is 1. The molecular formula is C21H25N3O. The molecule has 0 radical (unpaired) electrons. The highest BCUT2D eigenvalue weighted by Crippen LogP contribution is 2.19. The molecule has 0 bridgehead atoms. The summed E-state index contributed by atoms with van der Waals surface area (Å²) in [6, 6.07) is 15.8. The van der Waals surface area contributed by atoms with Crippen LogP contribution in [-0.2, 0) is 13.1 Å². The molecule has 1 aromatic heterocycles. The predicted octanol–water partition coefficient (Wildman–Crippen LogP) is 4.32. The van der Waals surface area contributed by atoms with Gasteiger partial charge in [-0.05, 0) is 37.1 Å². The van der Waals surface area contributed by atoms with Gasteiger partial charge in [0.05, 0.1) is 17.6 Å². The third-order valence-electron chi connectivity index (χ3n) is 4.65. The van der Waals surface area contributed by atoms with Gasteiger partial charge in [-0.25, -0.2) is 4.98 Å². The van der Waals surface area contributed by atoms with Gasteiger partial charge in [0.1, 0.15) is 5.82 Å². The Kier molecular flexibility index (Phi) is 5.17. The average Bonchev–Trinajstić information content (AvgIpc) is 2.98. The number of nitrogens with one attached hydrogen (secondary N) is 1. The van der Waals surface area contributed by atoms with E-state index >= 15 is 0 Å². The lowest BCUT2D eigenvalue weighted by atomic mass is 10.1. The van der Waals surface area contributed by atoms with E-state index in [4.69, 9.17) is 4.98 Å². The molecule has 0 saturated heterocycles. The van der Waals surface area contributed by atoms with Gasteiger partial charge in [0.25, 0.3) is 5.91 Å². The summed E-state index contributed by atoms with van der Waals surface area (Å²) in [6.45, 7) is 7.79. The second-order valence-corrected chi connectivity index (χ2v) is 6.69. The Morgan fingerprint density at radius 2 is 1.88 bits per heavy atom. The minimum absolute atomic E-state index is 0.0675. The van der Waals surface area contributed by atoms with E-state index in [1.807, 2.05) is 49.4 Å². The normalized spacial score (nSPS) is 12.3. The van der Waals surface area contributed by atoms with Crippen molar-refractivity contribution in [1.29, 1.82) is 0 Å². The van der Waals surface area contributed by atoms with E-state index in [0.29, 0.717) is 18.0 Å². The van der Waals surface area contributed by atoms with Crippen LogP contribution in [0.3, 0.4) is 0 Å². The Bertz CT molecular complexity index is 864. The lowest BCUT2D eigenvalue weighted by Crippen LogP contribution is -2.25. The second kappa shape index (κ2) is 7.51. The average molecular weight is 335 g/mol. The van der Waals surface area contributed by atoms with E-state index in [2.05, 4.69) is 29.8 Å². The van der Waals surface area contributed by atoms with E-state index in [1.54, 1.807) is 0 Å². The summed E-state index contributed by atoms with van der Waals surface area (Å²) in [4.78, 5) is 17.1. The van der Waals surface area contributed by atoms with Gasteiger partial charge in [0.15, 0.2) is 0 Å². The molecule has 1 unspecified atom stereocenters. The van der Waals surface area contributed by atoms with Gasteiger partial charge in [0.2, 0.25) is 0 Å². The van der Waals surface area contributed by atoms with Crippen LogP contribution in [0.5, 0.6) is 0 Å². The van der Waals surface area contributed by atoms with Gasteiger partial charge < -0.3 is 9.88 Å². The summed E-state index contributed by atoms with van der Waals surface area (Å²) in [6.07, 6.45) is 1.11. The third-order valence-corrected chi connectivity index (χ3v) is 4.65. The molecule has 2 aromatic carbocycles. The highest BCUT2D eigenvalue weighted by Gasteiger charge is 2.14. The number of hydrogen-bond donors (Lipinski definition) is 1. The zero-order valence-electron chi connectivity index (χ0n) is 15.1. The van der Waals surface area contributed by atoms with Crippen LogP contribution in [-0.4, -0.2) is 15.5 Å². The first kappa shape index (κ1) is 17.2. The molecule has 0 aliphatic carbocycles. The fraction of sp³-hybridized carbons (Fsp3) is 0.333. The predicted molar refractivity (Wildman–Crippen MR) is 102 cm³/mol. The van der Waals surface area contributed by atoms with Crippen LogP contribution in [0.2, 0.25) is 0 Å². The quantitative estimate of drug-likeness (QED) is 0.729. The summed E-state index contributed by atoms with van der Waals surface area (Å²) in [7, 11) is 0. The first-order chi connectivity index (χ1) is 12.1. The number of aryl methyl sites for hydroxylation is 1. The summed E-state index contributed by atoms with van der Waals surface area (Å²) in [5, 5.41) is 3.01. The number of amides is 1. The maximum absolute atomic E-state index is 12.4. The molecule has 4 nitrogen and oxygen atoms in total. The number of fused-ring (bicyclic) bond motifs is 1. The smallest absolute Gasteiger partial charge is 0.251 e. The standard InChI is InChI=1S/C21H25N3O/c1-4-15(2)14-24-19-8-6-5-7-18(19)23-20(24)13-22-21(25)17-11-9-16(3)10-12-17/h5-12,15H,4,13-14H2,1-3H3,(H,22,25). The summed E-state index contributed by atoms with van der Waals surface area (Å²) < 4.78 is 2.24. The van der Waals surface area contributed by atoms with Crippen LogP contribution >= 0.6 is 0 Å². The second-order valence-electron chi connectivity index (χ2n) is 6.69. The zero-order chi connectivity index (χ0) is 17.8. The van der Waals surface area contributed by atoms with Crippen molar-refractivity contribution in [3.63, 3.8) is 0 Å². The molecule has 1 heterocycles. The number of carbonyl (C=O) groups excluding carboxylic acids is 1. The Hall–Kier alpha value is -2.62. The molecule has 3 rings (SSSR count). The molecule has 130 valence electrons. The van der Waals surface area contributed by atoms with Crippen molar-refractivity contribution in [2.24, 2.45) is 5.92 Å². The minimum Gasteiger partial charge on any atom is -0.345 e. The van der Waals surface area contributed by atoms with Crippen LogP contribution in [0.4, 0.5) is 0 Å². The van der Waals surface area contributed by atoms with Crippen LogP contribution in [0.25, 0.3) is 11.0 Å². The molecule has 3 aromatic rings. The number of nitrogens with zero attached hydrogens (tertiary/aromatic N) is 2. The lowest BCUT2D eigenvalue weighted by Gasteiger charge is -2.14. The van der Waals surface area contributed by atoms with Gasteiger partial charge in [-0.1, -0.05) is 50.1 Å². The Balaban J connectivity index is 1.81. The molecule has 0 spiro atoms. The van der Waals surface area contributed by atoms with E-state index < -0.39 is 0 Å². The van der Waals surface area contributed by atoms with Gasteiger partial charge in [-0.15, -0.1) is 0 Å². The number of para-hydroxylation sites is 2. The van der Waals surface area contributed by atoms with E-state index in [9.17, 15) is 4.79 Å². The first-order valence-corrected chi connectivity index (χ1v) is 8.87. The van der Waals surface area contributed by atoms with Gasteiger partial charge in [-0.2, -0.15) is 0 Å². The van der Waals surface area contributed by atoms with Crippen LogP contribution < -0.4 is 5.32 Å². The molecule has 0 aliphatic heterocycles. The van der Waals surface area contributed by atoms with Crippen molar-refractivity contribution in [2.45, 2.75) is 40.3 Å². The van der Waals surface area contributed by atoms with E-state index in [-0.39, 0.29) is 5.91 Å². The van der Waals surface area contributed by atoms with Crippen molar-refractivity contribution in [3.05, 3.63) is 65.5 Å². The summed E-state index contributed by atoms with van der Waals surface area (Å²) in [5.41, 5.74) is 3.93. The van der Waals surface area contributed by atoms with Gasteiger partial charge in [-0.3, -0.25) is 4.79 Å². The molecule has 1 atom stereocenters. The van der Waals surface area contributed by atoms with Crippen LogP contribution in [0, 0.1) is 12.8 Å². The van der Waals surface area contributed by atoms with E-state index in [0.717, 1.165) is 35.4 Å². The topological polar surface area (TPSA) is 46.9 Å². The Morgan fingerprint density at radius 1 is 1.16 bits per heavy atom. The minimum atomic E-state index is -0.0675. The van der Waals surface area contributed by atoms with Crippen molar-refractivity contribution in [1.82, 2.24) is 14.9 Å². The molecule has 1 N–H and O–H groups in total. The SMILES string of the molecule is CCC(C)Cn1c(CNC(=O)c2ccc(C)cc2)nc2ccccc21. The number of hydrogen-bond acceptors (Lipinski definition) is 2. The fourth-order valence-electron chi connectivity index (χ4n) is 2.87. The molecular weight excluding hydrogens is 310 g/mol. The van der Waals surface area contributed by atoms with Crippen molar-refractivity contribution in [2.75, 3.05) is 0 Å². The maximum Gasteiger partial charge on any atom is 0.251 e. The fourth-order valence-corrected chi connectivity index (χ4v) is 2.87. The zero-order valence-corrected chi connectivity index (χ0v) is 15.1. The van der Waals surface area contributed by atoms with Crippen molar-refractivity contribution in [3.8, 4) is 0 Å². The summed E-state index contributed by atoms with van der Waals surface area (Å²) in [5.74, 6) is 1.40. The molecule has 25 heavy (non-hydrogen) atoms. The Morgan fingerprint density at radius 3 is 2.60 bits per heavy atom. The summed E-state index contributed by atoms with van der Waals surface area (Å²) >= 11 is 0. The largest absolute Gasteiger partial charge is 0.345 e. The highest BCUT2D eigenvalue weighted by atomic mass is 16.1. The molecule has 4 heteroatoms. The lowest BCUT2D eigenvalue weighted by molar-refractivity contribution is 0.0949. The molecule has 0 aliphatic rings. The number of benzene rings is 2. The highest BCUT2D eigenvalue weighted by molar-refractivity contribution is 5.94. The Labute approximate surface area is 148 Å². The van der Waals surface area contributed by atoms with Gasteiger partial charge in [0, 0.05) is 12.1 Å².